The summed E-state index contributed by atoms with van der Waals surface area (Å²) in [5.41, 5.74) is 0.0479. The quantitative estimate of drug-likeness (QED) is 0.473. The van der Waals surface area contributed by atoms with Crippen molar-refractivity contribution in [3.63, 3.8) is 0 Å². The van der Waals surface area contributed by atoms with Crippen LogP contribution in [0.3, 0.4) is 0 Å². The fourth-order valence-electron chi connectivity index (χ4n) is 3.75. The number of benzene rings is 1. The maximum Gasteiger partial charge on any atom is 0.433 e. The smallest absolute Gasteiger partial charge is 0.327 e. The zero-order valence-electron chi connectivity index (χ0n) is 17.2. The molecule has 32 heavy (non-hydrogen) atoms. The molecule has 5 nitrogen and oxygen atoms in total. The Morgan fingerprint density at radius 1 is 1.22 bits per heavy atom. The molecule has 2 amide bonds. The summed E-state index contributed by atoms with van der Waals surface area (Å²) in [5, 5.41) is 2.54. The van der Waals surface area contributed by atoms with Crippen LogP contribution in [-0.4, -0.2) is 23.8 Å². The van der Waals surface area contributed by atoms with Gasteiger partial charge in [0.15, 0.2) is 0 Å². The molecule has 0 saturated heterocycles. The van der Waals surface area contributed by atoms with Crippen molar-refractivity contribution in [2.45, 2.75) is 38.3 Å². The van der Waals surface area contributed by atoms with Gasteiger partial charge in [-0.3, -0.25) is 9.59 Å². The van der Waals surface area contributed by atoms with Crippen LogP contribution in [0.1, 0.15) is 48.3 Å². The molecular formula is C23H23F4N3O2. The highest BCUT2D eigenvalue weighted by atomic mass is 19.4. The van der Waals surface area contributed by atoms with E-state index in [1.54, 1.807) is 18.3 Å². The second-order valence-corrected chi connectivity index (χ2v) is 7.71. The van der Waals surface area contributed by atoms with Crippen molar-refractivity contribution in [2.24, 2.45) is 5.92 Å². The van der Waals surface area contributed by atoms with E-state index >= 15 is 0 Å². The molecule has 1 aliphatic rings. The van der Waals surface area contributed by atoms with Crippen LogP contribution < -0.4 is 10.2 Å². The predicted octanol–water partition coefficient (Wildman–Crippen LogP) is 5.10. The van der Waals surface area contributed by atoms with E-state index in [2.05, 4.69) is 10.3 Å². The number of anilines is 1. The van der Waals surface area contributed by atoms with Crippen LogP contribution in [0.25, 0.3) is 0 Å². The van der Waals surface area contributed by atoms with Crippen molar-refractivity contribution in [3.05, 3.63) is 71.4 Å². The summed E-state index contributed by atoms with van der Waals surface area (Å²) in [6, 6.07) is 9.02. The molecule has 9 heteroatoms. The second kappa shape index (κ2) is 10.4. The van der Waals surface area contributed by atoms with Crippen LogP contribution >= 0.6 is 0 Å². The summed E-state index contributed by atoms with van der Waals surface area (Å²) < 4.78 is 51.8. The Balaban J connectivity index is 1.56. The number of hydrogen-bond donors (Lipinski definition) is 1. The van der Waals surface area contributed by atoms with Crippen LogP contribution in [0.5, 0.6) is 0 Å². The molecule has 3 rings (SSSR count). The SMILES string of the molecule is O=CN(CCC1CCC/C(=C/NC(=O)c2cccc(C(F)(F)F)n2)C1)c1cccc(F)c1. The van der Waals surface area contributed by atoms with E-state index in [4.69, 9.17) is 0 Å². The van der Waals surface area contributed by atoms with Gasteiger partial charge in [0.05, 0.1) is 0 Å². The van der Waals surface area contributed by atoms with Gasteiger partial charge in [0.25, 0.3) is 5.91 Å². The number of halogens is 4. The Kier molecular flexibility index (Phi) is 7.61. The monoisotopic (exact) mass is 449 g/mol. The minimum Gasteiger partial charge on any atom is -0.327 e. The summed E-state index contributed by atoms with van der Waals surface area (Å²) in [4.78, 5) is 28.5. The first-order valence-electron chi connectivity index (χ1n) is 10.3. The van der Waals surface area contributed by atoms with Gasteiger partial charge in [0, 0.05) is 18.4 Å². The molecule has 0 spiro atoms. The van der Waals surface area contributed by atoms with Crippen LogP contribution in [0.2, 0.25) is 0 Å². The van der Waals surface area contributed by atoms with Crippen LogP contribution in [-0.2, 0) is 11.0 Å². The number of allylic oxidation sites excluding steroid dienone is 1. The standard InChI is InChI=1S/C23H23F4N3O2/c24-18-6-2-7-19(13-18)30(15-31)11-10-16-4-1-5-17(12-16)14-28-22(32)20-8-3-9-21(29-20)23(25,26)27/h2-3,6-9,13-16H,1,4-5,10-12H2,(H,28,32)/b17-14-. The first-order chi connectivity index (χ1) is 15.3. The number of nitrogens with zero attached hydrogens (tertiary/aromatic N) is 2. The number of carbonyl (C=O) groups excluding carboxylic acids is 2. The van der Waals surface area contributed by atoms with Crippen LogP contribution in [0.15, 0.2) is 54.2 Å². The van der Waals surface area contributed by atoms with Gasteiger partial charge in [-0.15, -0.1) is 0 Å². The third-order valence-corrected chi connectivity index (χ3v) is 5.39. The van der Waals surface area contributed by atoms with Gasteiger partial charge in [0.2, 0.25) is 6.41 Å². The minimum atomic E-state index is -4.62. The number of alkyl halides is 3. The van der Waals surface area contributed by atoms with Crippen molar-refractivity contribution in [1.29, 1.82) is 0 Å². The Morgan fingerprint density at radius 3 is 2.72 bits per heavy atom. The van der Waals surface area contributed by atoms with E-state index in [-0.39, 0.29) is 11.6 Å². The Labute approximate surface area is 183 Å². The number of hydrogen-bond acceptors (Lipinski definition) is 3. The lowest BCUT2D eigenvalue weighted by molar-refractivity contribution is -0.141. The molecule has 2 aromatic rings. The lowest BCUT2D eigenvalue weighted by Gasteiger charge is -2.26. The number of aromatic nitrogens is 1. The van der Waals surface area contributed by atoms with Gasteiger partial charge in [-0.1, -0.05) is 17.7 Å². The van der Waals surface area contributed by atoms with E-state index in [0.29, 0.717) is 31.5 Å². The van der Waals surface area contributed by atoms with Crippen molar-refractivity contribution in [3.8, 4) is 0 Å². The lowest BCUT2D eigenvalue weighted by atomic mass is 9.84. The molecule has 1 heterocycles. The molecule has 1 atom stereocenters. The summed E-state index contributed by atoms with van der Waals surface area (Å²) in [7, 11) is 0. The van der Waals surface area contributed by atoms with Gasteiger partial charge < -0.3 is 10.2 Å². The molecule has 0 aliphatic heterocycles. The van der Waals surface area contributed by atoms with Gasteiger partial charge in [-0.2, -0.15) is 13.2 Å². The summed E-state index contributed by atoms with van der Waals surface area (Å²) >= 11 is 0. The molecule has 1 aliphatic carbocycles. The van der Waals surface area contributed by atoms with Gasteiger partial charge >= 0.3 is 6.18 Å². The average molecular weight is 449 g/mol. The maximum absolute atomic E-state index is 13.4. The van der Waals surface area contributed by atoms with Crippen LogP contribution in [0.4, 0.5) is 23.2 Å². The zero-order chi connectivity index (χ0) is 23.1. The third kappa shape index (κ3) is 6.38. The number of nitrogens with one attached hydrogen (secondary N) is 1. The van der Waals surface area contributed by atoms with E-state index in [1.165, 1.54) is 23.1 Å². The second-order valence-electron chi connectivity index (χ2n) is 7.71. The van der Waals surface area contributed by atoms with E-state index in [1.807, 2.05) is 0 Å². The number of pyridine rings is 1. The first kappa shape index (κ1) is 23.4. The molecule has 0 bridgehead atoms. The van der Waals surface area contributed by atoms with Gasteiger partial charge in [0.1, 0.15) is 17.2 Å². The molecule has 1 fully saturated rings. The van der Waals surface area contributed by atoms with Crippen molar-refractivity contribution in [1.82, 2.24) is 10.3 Å². The summed E-state index contributed by atoms with van der Waals surface area (Å²) in [6.45, 7) is 0.436. The van der Waals surface area contributed by atoms with Crippen molar-refractivity contribution in [2.75, 3.05) is 11.4 Å². The van der Waals surface area contributed by atoms with Crippen LogP contribution in [0, 0.1) is 11.7 Å². The average Bonchev–Trinajstić information content (AvgIpc) is 2.78. The van der Waals surface area contributed by atoms with Gasteiger partial charge in [-0.25, -0.2) is 9.37 Å². The molecule has 0 radical (unpaired) electrons. The first-order valence-corrected chi connectivity index (χ1v) is 10.3. The third-order valence-electron chi connectivity index (χ3n) is 5.39. The maximum atomic E-state index is 13.4. The van der Waals surface area contributed by atoms with E-state index in [0.717, 1.165) is 37.0 Å². The number of rotatable bonds is 7. The molecule has 1 aromatic heterocycles. The molecule has 1 N–H and O–H groups in total. The molecule has 170 valence electrons. The minimum absolute atomic E-state index is 0.273. The summed E-state index contributed by atoms with van der Waals surface area (Å²) in [6.07, 6.45) is 1.63. The fraction of sp³-hybridized carbons (Fsp3) is 0.348. The van der Waals surface area contributed by atoms with Crippen molar-refractivity contribution < 1.29 is 27.2 Å². The highest BCUT2D eigenvalue weighted by Gasteiger charge is 2.32. The Morgan fingerprint density at radius 2 is 2.00 bits per heavy atom. The molecule has 1 aromatic carbocycles. The normalized spacial score (nSPS) is 17.8. The number of carbonyl (C=O) groups is 2. The highest BCUT2D eigenvalue weighted by Crippen LogP contribution is 2.31. The highest BCUT2D eigenvalue weighted by molar-refractivity contribution is 5.93. The van der Waals surface area contributed by atoms with E-state index < -0.39 is 23.6 Å². The molecule has 1 unspecified atom stereocenters. The lowest BCUT2D eigenvalue weighted by Crippen LogP contribution is -2.25. The fourth-order valence-corrected chi connectivity index (χ4v) is 3.75. The zero-order valence-corrected chi connectivity index (χ0v) is 17.2. The van der Waals surface area contributed by atoms with Crippen molar-refractivity contribution >= 4 is 18.0 Å². The number of amides is 2. The predicted molar refractivity (Wildman–Crippen MR) is 111 cm³/mol. The largest absolute Gasteiger partial charge is 0.433 e. The Bertz CT molecular complexity index is 991. The van der Waals surface area contributed by atoms with Gasteiger partial charge in [-0.05, 0) is 68.4 Å². The topological polar surface area (TPSA) is 62.3 Å². The van der Waals surface area contributed by atoms with E-state index in [9.17, 15) is 27.2 Å². The summed E-state index contributed by atoms with van der Waals surface area (Å²) in [5.74, 6) is -0.846. The molecular weight excluding hydrogens is 426 g/mol. The molecule has 1 saturated carbocycles. The Hall–Kier alpha value is -3.23.